The quantitative estimate of drug-likeness (QED) is 0.192. The molecule has 3 aliphatic heterocycles. The fourth-order valence-corrected chi connectivity index (χ4v) is 6.75. The normalized spacial score (nSPS) is 21.4. The predicted octanol–water partition coefficient (Wildman–Crippen LogP) is 7.17. The molecule has 5 heterocycles. The summed E-state index contributed by atoms with van der Waals surface area (Å²) < 4.78 is 80.6. The fraction of sp³-hybridized carbons (Fsp3) is 0.424. The van der Waals surface area contributed by atoms with E-state index in [1.54, 1.807) is 32.0 Å². The highest BCUT2D eigenvalue weighted by atomic mass is 35.5. The molecule has 2 fully saturated rings. The Morgan fingerprint density at radius 1 is 1.12 bits per heavy atom. The van der Waals surface area contributed by atoms with E-state index in [0.717, 1.165) is 24.8 Å². The number of oxazole rings is 1. The molecular formula is C33H31ClF4N4O6. The van der Waals surface area contributed by atoms with Gasteiger partial charge in [0.25, 0.3) is 5.79 Å². The molecule has 0 spiro atoms. The van der Waals surface area contributed by atoms with Gasteiger partial charge in [0.05, 0.1) is 24.8 Å². The number of aromatic carboxylic acids is 1. The molecule has 0 radical (unpaired) electrons. The summed E-state index contributed by atoms with van der Waals surface area (Å²) in [5.41, 5.74) is 0.143. The molecule has 0 aliphatic carbocycles. The van der Waals surface area contributed by atoms with Gasteiger partial charge < -0.3 is 28.3 Å². The van der Waals surface area contributed by atoms with Crippen molar-refractivity contribution < 1.29 is 46.1 Å². The minimum atomic E-state index is -5.01. The number of benzene rings is 2. The van der Waals surface area contributed by atoms with Crippen LogP contribution in [0.5, 0.6) is 11.5 Å². The number of para-hydroxylation sites is 1. The van der Waals surface area contributed by atoms with Crippen LogP contribution in [0.25, 0.3) is 11.6 Å². The zero-order chi connectivity index (χ0) is 34.0. The number of fused-ring (bicyclic) bond motifs is 1. The molecule has 1 N–H and O–H groups in total. The number of nitrogens with zero attached hydrogens (tertiary/aromatic N) is 4. The lowest BCUT2D eigenvalue weighted by Gasteiger charge is -2.33. The molecule has 48 heavy (non-hydrogen) atoms. The number of hydrogen-bond acceptors (Lipinski definition) is 8. The molecule has 2 aromatic carbocycles. The van der Waals surface area contributed by atoms with Crippen molar-refractivity contribution in [3.05, 3.63) is 81.3 Å². The smallest absolute Gasteiger partial charge is 0.437 e. The van der Waals surface area contributed by atoms with Crippen LogP contribution in [-0.2, 0) is 29.8 Å². The first-order valence-corrected chi connectivity index (χ1v) is 15.9. The molecule has 0 amide bonds. The van der Waals surface area contributed by atoms with Gasteiger partial charge in [-0.3, -0.25) is 4.90 Å². The summed E-state index contributed by atoms with van der Waals surface area (Å²) in [6, 6.07) is 10.0. The van der Waals surface area contributed by atoms with Crippen molar-refractivity contribution >= 4 is 17.6 Å². The van der Waals surface area contributed by atoms with E-state index in [0.29, 0.717) is 55.8 Å². The maximum atomic E-state index is 14.8. The third-order valence-corrected chi connectivity index (χ3v) is 9.43. The van der Waals surface area contributed by atoms with Crippen LogP contribution in [0.15, 0.2) is 40.8 Å². The van der Waals surface area contributed by atoms with Gasteiger partial charge in [0.15, 0.2) is 17.2 Å². The zero-order valence-corrected chi connectivity index (χ0v) is 26.7. The third kappa shape index (κ3) is 5.90. The van der Waals surface area contributed by atoms with Crippen molar-refractivity contribution in [2.24, 2.45) is 0 Å². The van der Waals surface area contributed by atoms with Gasteiger partial charge in [-0.15, -0.1) is 0 Å². The van der Waals surface area contributed by atoms with Crippen LogP contribution in [0, 0.1) is 12.7 Å². The van der Waals surface area contributed by atoms with E-state index < -0.39 is 41.1 Å². The number of piperidine rings is 1. The molecule has 3 aliphatic rings. The molecule has 7 rings (SSSR count). The van der Waals surface area contributed by atoms with Crippen molar-refractivity contribution in [1.29, 1.82) is 0 Å². The lowest BCUT2D eigenvalue weighted by Crippen LogP contribution is -2.35. The highest BCUT2D eigenvalue weighted by Crippen LogP contribution is 2.50. The van der Waals surface area contributed by atoms with E-state index in [9.17, 15) is 27.5 Å². The average molecular weight is 691 g/mol. The van der Waals surface area contributed by atoms with Crippen molar-refractivity contribution in [2.45, 2.75) is 70.2 Å². The lowest BCUT2D eigenvalue weighted by molar-refractivity contribution is -0.141. The Hall–Kier alpha value is -4.14. The summed E-state index contributed by atoms with van der Waals surface area (Å²) in [5, 5.41) is 9.60. The van der Waals surface area contributed by atoms with Crippen molar-refractivity contribution in [3.63, 3.8) is 0 Å². The average Bonchev–Trinajstić information content (AvgIpc) is 3.69. The molecule has 254 valence electrons. The summed E-state index contributed by atoms with van der Waals surface area (Å²) >= 11 is 5.96. The van der Waals surface area contributed by atoms with Gasteiger partial charge in [-0.05, 0) is 69.5 Å². The first kappa shape index (κ1) is 32.4. The Labute approximate surface area is 277 Å². The Morgan fingerprint density at radius 2 is 1.88 bits per heavy atom. The molecular weight excluding hydrogens is 660 g/mol. The van der Waals surface area contributed by atoms with E-state index in [4.69, 9.17) is 30.2 Å². The Kier molecular flexibility index (Phi) is 8.15. The summed E-state index contributed by atoms with van der Waals surface area (Å²) in [7, 11) is 0. The number of carbonyl (C=O) groups is 1. The molecule has 10 nitrogen and oxygen atoms in total. The van der Waals surface area contributed by atoms with Crippen molar-refractivity contribution in [3.8, 4) is 23.1 Å². The minimum Gasteiger partial charge on any atom is -0.475 e. The highest BCUT2D eigenvalue weighted by Gasteiger charge is 2.44. The number of hydrogen-bond donors (Lipinski definition) is 1. The van der Waals surface area contributed by atoms with E-state index in [-0.39, 0.29) is 28.3 Å². The van der Waals surface area contributed by atoms with Crippen LogP contribution in [0.4, 0.5) is 17.6 Å². The second kappa shape index (κ2) is 12.1. The first-order chi connectivity index (χ1) is 22.8. The number of halogens is 5. The summed E-state index contributed by atoms with van der Waals surface area (Å²) in [6.45, 7) is 6.17. The van der Waals surface area contributed by atoms with Gasteiger partial charge in [-0.25, -0.2) is 19.2 Å². The molecule has 0 bridgehead atoms. The Morgan fingerprint density at radius 3 is 2.50 bits per heavy atom. The zero-order valence-electron chi connectivity index (χ0n) is 25.9. The SMILES string of the molecule is Cc1c(-c2nc(C(F)(F)F)c(C(=O)O)o2)nc(CN2CCC(c3cccc4c3OC(C)(c3ccc(Cl)cc3F)O4)CC2)n1CC1CCO1. The number of carboxylic acids is 1. The van der Waals surface area contributed by atoms with Gasteiger partial charge in [-0.2, -0.15) is 13.2 Å². The van der Waals surface area contributed by atoms with Crippen LogP contribution < -0.4 is 9.47 Å². The third-order valence-electron chi connectivity index (χ3n) is 9.20. The monoisotopic (exact) mass is 690 g/mol. The molecule has 0 saturated carbocycles. The van der Waals surface area contributed by atoms with Gasteiger partial charge in [-0.1, -0.05) is 23.7 Å². The fourth-order valence-electron chi connectivity index (χ4n) is 6.59. The van der Waals surface area contributed by atoms with E-state index in [1.807, 2.05) is 16.7 Å². The second-order valence-corrected chi connectivity index (χ2v) is 12.8. The van der Waals surface area contributed by atoms with Crippen LogP contribution in [0.3, 0.4) is 0 Å². The molecule has 2 atom stereocenters. The standard InChI is InChI=1S/C33H31ClF4N4O6/c1-17-26(30-40-29(33(36,37)38)28(46-30)31(43)44)39-25(42(17)15-20-10-13-45-20)16-41-11-8-18(9-12-41)21-4-3-5-24-27(21)48-32(2,47-24)22-7-6-19(34)14-23(22)35/h3-7,14,18,20H,8-13,15-16H2,1-2H3,(H,43,44). The molecule has 2 saturated heterocycles. The molecule has 15 heteroatoms. The largest absolute Gasteiger partial charge is 0.475 e. The summed E-state index contributed by atoms with van der Waals surface area (Å²) in [4.78, 5) is 21.9. The van der Waals surface area contributed by atoms with Crippen LogP contribution in [-0.4, -0.2) is 56.3 Å². The number of likely N-dealkylation sites (tertiary alicyclic amines) is 1. The van der Waals surface area contributed by atoms with Crippen molar-refractivity contribution in [2.75, 3.05) is 19.7 Å². The Bertz CT molecular complexity index is 1880. The number of imidazole rings is 1. The lowest BCUT2D eigenvalue weighted by atomic mass is 9.88. The minimum absolute atomic E-state index is 0.0504. The summed E-state index contributed by atoms with van der Waals surface area (Å²) in [5.74, 6) is -3.73. The Balaban J connectivity index is 1.10. The molecule has 2 unspecified atom stereocenters. The van der Waals surface area contributed by atoms with E-state index in [1.165, 1.54) is 6.07 Å². The first-order valence-electron chi connectivity index (χ1n) is 15.5. The predicted molar refractivity (Wildman–Crippen MR) is 162 cm³/mol. The highest BCUT2D eigenvalue weighted by molar-refractivity contribution is 6.30. The maximum Gasteiger partial charge on any atom is 0.437 e. The van der Waals surface area contributed by atoms with Crippen LogP contribution >= 0.6 is 11.6 Å². The number of carboxylic acid groups (broad SMARTS) is 1. The van der Waals surface area contributed by atoms with Crippen LogP contribution in [0.2, 0.25) is 5.02 Å². The number of alkyl halides is 3. The van der Waals surface area contributed by atoms with Gasteiger partial charge >= 0.3 is 12.1 Å². The topological polar surface area (TPSA) is 112 Å². The van der Waals surface area contributed by atoms with E-state index >= 15 is 0 Å². The summed E-state index contributed by atoms with van der Waals surface area (Å²) in [6.07, 6.45) is -2.73. The second-order valence-electron chi connectivity index (χ2n) is 12.4. The number of rotatable bonds is 8. The molecule has 2 aromatic heterocycles. The maximum absolute atomic E-state index is 14.8. The van der Waals surface area contributed by atoms with Gasteiger partial charge in [0.2, 0.25) is 11.7 Å². The molecule has 4 aromatic rings. The number of aromatic nitrogens is 3. The van der Waals surface area contributed by atoms with Crippen molar-refractivity contribution in [1.82, 2.24) is 19.4 Å². The van der Waals surface area contributed by atoms with E-state index in [2.05, 4.69) is 14.9 Å². The number of ether oxygens (including phenoxy) is 3. The van der Waals surface area contributed by atoms with Gasteiger partial charge in [0.1, 0.15) is 17.3 Å². The van der Waals surface area contributed by atoms with Crippen LogP contribution in [0.1, 0.15) is 71.0 Å². The van der Waals surface area contributed by atoms with Gasteiger partial charge in [0, 0.05) is 29.8 Å².